The van der Waals surface area contributed by atoms with Crippen LogP contribution in [-0.2, 0) is 22.4 Å². The van der Waals surface area contributed by atoms with Crippen molar-refractivity contribution in [1.29, 1.82) is 5.26 Å². The molecule has 0 atom stereocenters. The maximum atomic E-state index is 12.1. The Labute approximate surface area is 160 Å². The van der Waals surface area contributed by atoms with E-state index < -0.39 is 11.8 Å². The number of hydrogen-bond donors (Lipinski definition) is 2. The first-order valence-corrected chi connectivity index (χ1v) is 9.27. The molecular formula is C19H18N4O3S. The second kappa shape index (κ2) is 8.47. The van der Waals surface area contributed by atoms with Gasteiger partial charge in [0.15, 0.2) is 0 Å². The maximum absolute atomic E-state index is 12.1. The number of fused-ring (bicyclic) bond motifs is 1. The van der Waals surface area contributed by atoms with Gasteiger partial charge in [-0.1, -0.05) is 12.1 Å². The van der Waals surface area contributed by atoms with Crippen molar-refractivity contribution in [2.75, 3.05) is 12.4 Å². The van der Waals surface area contributed by atoms with Gasteiger partial charge in [-0.05, 0) is 43.4 Å². The number of hydrogen-bond acceptors (Lipinski definition) is 6. The van der Waals surface area contributed by atoms with Crippen LogP contribution in [0.3, 0.4) is 0 Å². The fourth-order valence-corrected chi connectivity index (χ4v) is 4.15. The summed E-state index contributed by atoms with van der Waals surface area (Å²) in [6.45, 7) is 0. The Hall–Kier alpha value is -3.18. The lowest BCUT2D eigenvalue weighted by molar-refractivity contribution is -0.136. The molecule has 1 aromatic heterocycles. The highest BCUT2D eigenvalue weighted by Gasteiger charge is 2.23. The number of carbonyl (C=O) groups excluding carboxylic acids is 2. The number of nitriles is 1. The minimum absolute atomic E-state index is 0.429. The van der Waals surface area contributed by atoms with Crippen LogP contribution in [0.5, 0.6) is 5.75 Å². The SMILES string of the molecule is COc1ccccc1/C=N\NC(=O)C(=O)Nc1sc2c(c1C#N)CCCC2. The van der Waals surface area contributed by atoms with Gasteiger partial charge >= 0.3 is 11.8 Å². The molecule has 138 valence electrons. The Bertz CT molecular complexity index is 943. The van der Waals surface area contributed by atoms with Crippen LogP contribution in [0.25, 0.3) is 0 Å². The smallest absolute Gasteiger partial charge is 0.329 e. The number of amides is 2. The predicted molar refractivity (Wildman–Crippen MR) is 103 cm³/mol. The number of hydrazone groups is 1. The van der Waals surface area contributed by atoms with Gasteiger partial charge in [-0.15, -0.1) is 11.3 Å². The summed E-state index contributed by atoms with van der Waals surface area (Å²) in [4.78, 5) is 25.2. The molecule has 0 aliphatic heterocycles. The summed E-state index contributed by atoms with van der Waals surface area (Å²) in [5.41, 5.74) is 4.32. The fraction of sp³-hybridized carbons (Fsp3) is 0.263. The molecular weight excluding hydrogens is 364 g/mol. The Morgan fingerprint density at radius 1 is 1.26 bits per heavy atom. The lowest BCUT2D eigenvalue weighted by Crippen LogP contribution is -2.32. The van der Waals surface area contributed by atoms with Crippen molar-refractivity contribution in [3.05, 3.63) is 45.8 Å². The zero-order chi connectivity index (χ0) is 19.2. The van der Waals surface area contributed by atoms with E-state index in [0.29, 0.717) is 21.9 Å². The maximum Gasteiger partial charge on any atom is 0.329 e. The van der Waals surface area contributed by atoms with E-state index in [-0.39, 0.29) is 0 Å². The number of rotatable bonds is 4. The zero-order valence-corrected chi connectivity index (χ0v) is 15.6. The number of ether oxygens (including phenoxy) is 1. The molecule has 1 aliphatic rings. The van der Waals surface area contributed by atoms with Gasteiger partial charge in [-0.25, -0.2) is 5.43 Å². The van der Waals surface area contributed by atoms with Crippen LogP contribution in [0.1, 0.15) is 34.4 Å². The molecule has 0 fully saturated rings. The Balaban J connectivity index is 1.65. The van der Waals surface area contributed by atoms with Gasteiger partial charge in [0.05, 0.1) is 18.9 Å². The summed E-state index contributed by atoms with van der Waals surface area (Å²) in [6, 6.07) is 9.30. The van der Waals surface area contributed by atoms with Crippen LogP contribution in [0.2, 0.25) is 0 Å². The second-order valence-corrected chi connectivity index (χ2v) is 7.03. The van der Waals surface area contributed by atoms with Crippen molar-refractivity contribution >= 4 is 34.4 Å². The topological polar surface area (TPSA) is 104 Å². The van der Waals surface area contributed by atoms with Crippen LogP contribution in [0, 0.1) is 11.3 Å². The van der Waals surface area contributed by atoms with E-state index in [1.807, 2.05) is 6.07 Å². The van der Waals surface area contributed by atoms with Crippen molar-refractivity contribution in [2.24, 2.45) is 5.10 Å². The molecule has 7 nitrogen and oxygen atoms in total. The minimum Gasteiger partial charge on any atom is -0.496 e. The van der Waals surface area contributed by atoms with E-state index in [2.05, 4.69) is 21.9 Å². The van der Waals surface area contributed by atoms with E-state index >= 15 is 0 Å². The molecule has 0 saturated heterocycles. The summed E-state index contributed by atoms with van der Waals surface area (Å²) in [5, 5.41) is 16.2. The third-order valence-electron chi connectivity index (χ3n) is 4.23. The monoisotopic (exact) mass is 382 g/mol. The van der Waals surface area contributed by atoms with Gasteiger partial charge in [-0.3, -0.25) is 9.59 Å². The van der Waals surface area contributed by atoms with Crippen molar-refractivity contribution in [2.45, 2.75) is 25.7 Å². The van der Waals surface area contributed by atoms with E-state index in [1.54, 1.807) is 18.2 Å². The number of nitrogens with one attached hydrogen (secondary N) is 2. The zero-order valence-electron chi connectivity index (χ0n) is 14.7. The normalized spacial score (nSPS) is 12.9. The van der Waals surface area contributed by atoms with Crippen LogP contribution in [0.4, 0.5) is 5.00 Å². The van der Waals surface area contributed by atoms with E-state index in [4.69, 9.17) is 4.74 Å². The van der Waals surface area contributed by atoms with Crippen LogP contribution in [0.15, 0.2) is 29.4 Å². The van der Waals surface area contributed by atoms with Crippen LogP contribution < -0.4 is 15.5 Å². The molecule has 1 aromatic carbocycles. The molecule has 8 heteroatoms. The summed E-state index contributed by atoms with van der Waals surface area (Å²) < 4.78 is 5.18. The third kappa shape index (κ3) is 4.15. The summed E-state index contributed by atoms with van der Waals surface area (Å²) in [7, 11) is 1.53. The number of thiophene rings is 1. The lowest BCUT2D eigenvalue weighted by Gasteiger charge is -2.09. The first-order chi connectivity index (χ1) is 13.1. The van der Waals surface area contributed by atoms with Gasteiger partial charge in [0, 0.05) is 10.4 Å². The first kappa shape index (κ1) is 18.6. The largest absolute Gasteiger partial charge is 0.496 e. The van der Waals surface area contributed by atoms with Gasteiger partial charge in [-0.2, -0.15) is 10.4 Å². The first-order valence-electron chi connectivity index (χ1n) is 8.46. The molecule has 0 spiro atoms. The van der Waals surface area contributed by atoms with Gasteiger partial charge < -0.3 is 10.1 Å². The van der Waals surface area contributed by atoms with E-state index in [1.165, 1.54) is 24.7 Å². The highest BCUT2D eigenvalue weighted by molar-refractivity contribution is 7.16. The summed E-state index contributed by atoms with van der Waals surface area (Å²) in [6.07, 6.45) is 5.24. The van der Waals surface area contributed by atoms with Gasteiger partial charge in [0.25, 0.3) is 0 Å². The molecule has 27 heavy (non-hydrogen) atoms. The molecule has 3 rings (SSSR count). The highest BCUT2D eigenvalue weighted by Crippen LogP contribution is 2.37. The van der Waals surface area contributed by atoms with Crippen molar-refractivity contribution in [3.63, 3.8) is 0 Å². The molecule has 0 bridgehead atoms. The van der Waals surface area contributed by atoms with E-state index in [0.717, 1.165) is 36.1 Å². The molecule has 1 heterocycles. The number of benzene rings is 1. The molecule has 1 aliphatic carbocycles. The summed E-state index contributed by atoms with van der Waals surface area (Å²) in [5.74, 6) is -1.17. The Kier molecular flexibility index (Phi) is 5.84. The second-order valence-electron chi connectivity index (χ2n) is 5.92. The fourth-order valence-electron chi connectivity index (χ4n) is 2.92. The molecule has 0 saturated carbocycles. The standard InChI is InChI=1S/C19H18N4O3S/c1-26-15-8-4-2-6-12(15)11-21-23-18(25)17(24)22-19-14(10-20)13-7-3-5-9-16(13)27-19/h2,4,6,8,11H,3,5,7,9H2,1H3,(H,22,24)(H,23,25)/b21-11-. The van der Waals surface area contributed by atoms with Crippen LogP contribution >= 0.6 is 11.3 Å². The average molecular weight is 382 g/mol. The minimum atomic E-state index is -0.906. The number of aryl methyl sites for hydroxylation is 1. The number of para-hydroxylation sites is 1. The van der Waals surface area contributed by atoms with Crippen molar-refractivity contribution in [1.82, 2.24) is 5.43 Å². The quantitative estimate of drug-likeness (QED) is 0.482. The summed E-state index contributed by atoms with van der Waals surface area (Å²) >= 11 is 1.37. The van der Waals surface area contributed by atoms with Crippen molar-refractivity contribution < 1.29 is 14.3 Å². The molecule has 2 aromatic rings. The number of anilines is 1. The number of nitrogens with zero attached hydrogens (tertiary/aromatic N) is 2. The number of carbonyl (C=O) groups is 2. The molecule has 0 unspecified atom stereocenters. The van der Waals surface area contributed by atoms with E-state index in [9.17, 15) is 14.9 Å². The average Bonchev–Trinajstić information content (AvgIpc) is 3.05. The van der Waals surface area contributed by atoms with Gasteiger partial charge in [0.1, 0.15) is 16.8 Å². The molecule has 2 amide bonds. The third-order valence-corrected chi connectivity index (χ3v) is 5.43. The highest BCUT2D eigenvalue weighted by atomic mass is 32.1. The lowest BCUT2D eigenvalue weighted by atomic mass is 9.96. The van der Waals surface area contributed by atoms with Gasteiger partial charge in [0.2, 0.25) is 0 Å². The van der Waals surface area contributed by atoms with Crippen LogP contribution in [-0.4, -0.2) is 25.1 Å². The Morgan fingerprint density at radius 3 is 2.81 bits per heavy atom. The molecule has 2 N–H and O–H groups in total. The van der Waals surface area contributed by atoms with Crippen molar-refractivity contribution in [3.8, 4) is 11.8 Å². The number of methoxy groups -OCH3 is 1. The Morgan fingerprint density at radius 2 is 2.04 bits per heavy atom. The molecule has 0 radical (unpaired) electrons. The predicted octanol–water partition coefficient (Wildman–Crippen LogP) is 2.60.